The number of rotatable bonds is 6. The van der Waals surface area contributed by atoms with E-state index in [9.17, 15) is 5.26 Å². The number of pyridine rings is 1. The molecule has 0 fully saturated rings. The molecular weight excluding hydrogens is 346 g/mol. The number of aryl methyl sites for hydroxylation is 1. The Morgan fingerprint density at radius 1 is 1.04 bits per heavy atom. The fraction of sp³-hybridized carbons (Fsp3) is 0.217. The summed E-state index contributed by atoms with van der Waals surface area (Å²) in [5, 5.41) is 13.0. The van der Waals surface area contributed by atoms with Crippen molar-refractivity contribution < 1.29 is 0 Å². The minimum atomic E-state index is 0.713. The quantitative estimate of drug-likeness (QED) is 0.560. The lowest BCUT2D eigenvalue weighted by Crippen LogP contribution is -2.13. The van der Waals surface area contributed by atoms with Crippen molar-refractivity contribution in [2.45, 2.75) is 33.5 Å². The number of nitriles is 1. The van der Waals surface area contributed by atoms with Gasteiger partial charge in [-0.25, -0.2) is 4.98 Å². The van der Waals surface area contributed by atoms with Crippen molar-refractivity contribution in [2.24, 2.45) is 0 Å². The maximum atomic E-state index is 9.49. The van der Waals surface area contributed by atoms with Crippen LogP contribution in [0.25, 0.3) is 5.52 Å². The molecule has 4 rings (SSSR count). The van der Waals surface area contributed by atoms with Crippen molar-refractivity contribution >= 4 is 5.52 Å². The van der Waals surface area contributed by atoms with Gasteiger partial charge in [-0.05, 0) is 48.2 Å². The predicted octanol–water partition coefficient (Wildman–Crippen LogP) is 3.96. The van der Waals surface area contributed by atoms with Gasteiger partial charge in [-0.3, -0.25) is 0 Å². The topological polar surface area (TPSA) is 58.1 Å². The summed E-state index contributed by atoms with van der Waals surface area (Å²) in [6.45, 7) is 6.38. The van der Waals surface area contributed by atoms with Crippen molar-refractivity contribution in [2.75, 3.05) is 0 Å². The standard InChI is InChI=1S/C23H23N5/c1-17-21(22-8-3-4-10-28(22)23(17)13-24)15-25-14-19-6-5-7-20(12-19)16-27-11-9-26-18(27)2/h3-12,25H,14-16H2,1-2H3. The van der Waals surface area contributed by atoms with Gasteiger partial charge in [0.2, 0.25) is 0 Å². The molecule has 0 saturated heterocycles. The van der Waals surface area contributed by atoms with Crippen LogP contribution in [0, 0.1) is 25.2 Å². The lowest BCUT2D eigenvalue weighted by molar-refractivity contribution is 0.691. The van der Waals surface area contributed by atoms with Gasteiger partial charge in [0.25, 0.3) is 0 Å². The number of nitrogens with one attached hydrogen (secondary N) is 1. The average Bonchev–Trinajstić information content (AvgIpc) is 3.23. The molecule has 0 aliphatic heterocycles. The summed E-state index contributed by atoms with van der Waals surface area (Å²) in [5.41, 5.74) is 6.54. The van der Waals surface area contributed by atoms with E-state index in [0.717, 1.165) is 36.5 Å². The fourth-order valence-electron chi connectivity index (χ4n) is 3.70. The highest BCUT2D eigenvalue weighted by molar-refractivity contribution is 5.63. The van der Waals surface area contributed by atoms with E-state index in [2.05, 4.69) is 51.3 Å². The Kier molecular flexibility index (Phi) is 4.96. The molecule has 0 amide bonds. The molecular formula is C23H23N5. The molecule has 0 bridgehead atoms. The van der Waals surface area contributed by atoms with Crippen LogP contribution in [0.2, 0.25) is 0 Å². The number of nitrogens with zero attached hydrogens (tertiary/aromatic N) is 4. The molecule has 0 radical (unpaired) electrons. The molecule has 3 aromatic heterocycles. The minimum absolute atomic E-state index is 0.713. The lowest BCUT2D eigenvalue weighted by atomic mass is 10.1. The highest BCUT2D eigenvalue weighted by Crippen LogP contribution is 2.22. The molecule has 5 heteroatoms. The maximum Gasteiger partial charge on any atom is 0.128 e. The third-order valence-corrected chi connectivity index (χ3v) is 5.22. The minimum Gasteiger partial charge on any atom is -0.331 e. The number of hydrogen-bond donors (Lipinski definition) is 1. The van der Waals surface area contributed by atoms with Gasteiger partial charge in [-0.1, -0.05) is 30.3 Å². The number of fused-ring (bicyclic) bond motifs is 1. The van der Waals surface area contributed by atoms with Gasteiger partial charge in [0.15, 0.2) is 0 Å². The first-order valence-electron chi connectivity index (χ1n) is 9.42. The van der Waals surface area contributed by atoms with Crippen LogP contribution in [-0.2, 0) is 19.6 Å². The third-order valence-electron chi connectivity index (χ3n) is 5.22. The van der Waals surface area contributed by atoms with Gasteiger partial charge >= 0.3 is 0 Å². The average molecular weight is 369 g/mol. The Hall–Kier alpha value is -3.36. The molecule has 140 valence electrons. The first kappa shape index (κ1) is 18.0. The van der Waals surface area contributed by atoms with Crippen LogP contribution in [0.3, 0.4) is 0 Å². The van der Waals surface area contributed by atoms with Crippen LogP contribution in [0.5, 0.6) is 0 Å². The van der Waals surface area contributed by atoms with E-state index in [1.54, 1.807) is 0 Å². The summed E-state index contributed by atoms with van der Waals surface area (Å²) in [6, 6.07) is 17.0. The smallest absolute Gasteiger partial charge is 0.128 e. The van der Waals surface area contributed by atoms with Crippen LogP contribution in [-0.4, -0.2) is 14.0 Å². The van der Waals surface area contributed by atoms with E-state index < -0.39 is 0 Å². The fourth-order valence-corrected chi connectivity index (χ4v) is 3.70. The van der Waals surface area contributed by atoms with Crippen molar-refractivity contribution in [3.05, 3.63) is 94.8 Å². The van der Waals surface area contributed by atoms with E-state index in [-0.39, 0.29) is 0 Å². The zero-order chi connectivity index (χ0) is 19.5. The molecule has 0 spiro atoms. The molecule has 5 nitrogen and oxygen atoms in total. The third kappa shape index (κ3) is 3.42. The zero-order valence-corrected chi connectivity index (χ0v) is 16.2. The Bertz CT molecular complexity index is 1160. The normalized spacial score (nSPS) is 11.0. The highest BCUT2D eigenvalue weighted by atomic mass is 15.0. The Labute approximate surface area is 164 Å². The van der Waals surface area contributed by atoms with Crippen LogP contribution < -0.4 is 5.32 Å². The molecule has 0 saturated carbocycles. The lowest BCUT2D eigenvalue weighted by Gasteiger charge is -2.09. The Morgan fingerprint density at radius 2 is 1.89 bits per heavy atom. The molecule has 0 aliphatic rings. The summed E-state index contributed by atoms with van der Waals surface area (Å²) < 4.78 is 4.12. The number of imidazole rings is 1. The van der Waals surface area contributed by atoms with E-state index >= 15 is 0 Å². The van der Waals surface area contributed by atoms with Crippen LogP contribution in [0.1, 0.15) is 33.8 Å². The van der Waals surface area contributed by atoms with Crippen LogP contribution in [0.4, 0.5) is 0 Å². The predicted molar refractivity (Wildman–Crippen MR) is 110 cm³/mol. The molecule has 1 aromatic carbocycles. The van der Waals surface area contributed by atoms with E-state index in [4.69, 9.17) is 0 Å². The monoisotopic (exact) mass is 369 g/mol. The molecule has 28 heavy (non-hydrogen) atoms. The van der Waals surface area contributed by atoms with E-state index in [1.165, 1.54) is 16.7 Å². The summed E-state index contributed by atoms with van der Waals surface area (Å²) in [6.07, 6.45) is 5.79. The number of aromatic nitrogens is 3. The summed E-state index contributed by atoms with van der Waals surface area (Å²) >= 11 is 0. The summed E-state index contributed by atoms with van der Waals surface area (Å²) in [4.78, 5) is 4.29. The maximum absolute atomic E-state index is 9.49. The second kappa shape index (κ2) is 7.71. The Morgan fingerprint density at radius 3 is 2.68 bits per heavy atom. The van der Waals surface area contributed by atoms with Crippen molar-refractivity contribution in [3.8, 4) is 6.07 Å². The summed E-state index contributed by atoms with van der Waals surface area (Å²) in [7, 11) is 0. The van der Waals surface area contributed by atoms with Crippen molar-refractivity contribution in [3.63, 3.8) is 0 Å². The largest absolute Gasteiger partial charge is 0.331 e. The molecule has 0 aliphatic carbocycles. The van der Waals surface area contributed by atoms with E-state index in [1.807, 2.05) is 49.0 Å². The highest BCUT2D eigenvalue weighted by Gasteiger charge is 2.13. The van der Waals surface area contributed by atoms with Crippen molar-refractivity contribution in [1.82, 2.24) is 19.3 Å². The zero-order valence-electron chi connectivity index (χ0n) is 16.2. The second-order valence-electron chi connectivity index (χ2n) is 7.05. The molecule has 0 atom stereocenters. The van der Waals surface area contributed by atoms with Crippen LogP contribution in [0.15, 0.2) is 61.1 Å². The molecule has 0 unspecified atom stereocenters. The Balaban J connectivity index is 1.47. The summed E-state index contributed by atoms with van der Waals surface area (Å²) in [5.74, 6) is 1.02. The van der Waals surface area contributed by atoms with Gasteiger partial charge in [0.05, 0.1) is 5.52 Å². The van der Waals surface area contributed by atoms with Crippen molar-refractivity contribution in [1.29, 1.82) is 5.26 Å². The second-order valence-corrected chi connectivity index (χ2v) is 7.05. The first-order chi connectivity index (χ1) is 13.7. The van der Waals surface area contributed by atoms with Gasteiger partial charge in [0.1, 0.15) is 17.6 Å². The first-order valence-corrected chi connectivity index (χ1v) is 9.42. The van der Waals surface area contributed by atoms with Gasteiger partial charge in [-0.15, -0.1) is 0 Å². The molecule has 3 heterocycles. The van der Waals surface area contributed by atoms with Gasteiger partial charge in [0, 0.05) is 38.2 Å². The van der Waals surface area contributed by atoms with Crippen LogP contribution >= 0.6 is 0 Å². The molecule has 4 aromatic rings. The van der Waals surface area contributed by atoms with Gasteiger partial charge < -0.3 is 14.3 Å². The van der Waals surface area contributed by atoms with E-state index in [0.29, 0.717) is 5.69 Å². The SMILES string of the molecule is Cc1c(CNCc2cccc(Cn3ccnc3C)c2)c2ccccn2c1C#N. The number of hydrogen-bond acceptors (Lipinski definition) is 3. The van der Waals surface area contributed by atoms with Gasteiger partial charge in [-0.2, -0.15) is 5.26 Å². The number of benzene rings is 1. The molecule has 1 N–H and O–H groups in total.